The average Bonchev–Trinajstić information content (AvgIpc) is 2.81. The van der Waals surface area contributed by atoms with Crippen LogP contribution in [0.2, 0.25) is 0 Å². The summed E-state index contributed by atoms with van der Waals surface area (Å²) in [6.45, 7) is 4.04. The molecule has 5 heteroatoms. The molecule has 0 saturated carbocycles. The number of ether oxygens (including phenoxy) is 1. The first-order valence-electron chi connectivity index (χ1n) is 6.91. The van der Waals surface area contributed by atoms with E-state index in [9.17, 15) is 4.79 Å². The van der Waals surface area contributed by atoms with Crippen molar-refractivity contribution in [2.75, 3.05) is 7.11 Å². The summed E-state index contributed by atoms with van der Waals surface area (Å²) in [7, 11) is 1.63. The van der Waals surface area contributed by atoms with Gasteiger partial charge in [0, 0.05) is 13.3 Å². The maximum atomic E-state index is 11.9. The van der Waals surface area contributed by atoms with E-state index < -0.39 is 0 Å². The van der Waals surface area contributed by atoms with Gasteiger partial charge >= 0.3 is 0 Å². The van der Waals surface area contributed by atoms with Gasteiger partial charge in [0.1, 0.15) is 11.5 Å². The van der Waals surface area contributed by atoms with Gasteiger partial charge in [-0.1, -0.05) is 12.1 Å². The van der Waals surface area contributed by atoms with Crippen molar-refractivity contribution in [2.45, 2.75) is 33.2 Å². The molecule has 0 atom stereocenters. The van der Waals surface area contributed by atoms with Crippen LogP contribution < -0.4 is 10.1 Å². The van der Waals surface area contributed by atoms with Gasteiger partial charge in [0.2, 0.25) is 5.91 Å². The number of hydrogen-bond donors (Lipinski definition) is 1. The van der Waals surface area contributed by atoms with Crippen molar-refractivity contribution in [1.82, 2.24) is 10.3 Å². The van der Waals surface area contributed by atoms with E-state index in [1.165, 1.54) is 0 Å². The van der Waals surface area contributed by atoms with Crippen LogP contribution in [0.25, 0.3) is 0 Å². The van der Waals surface area contributed by atoms with Crippen LogP contribution >= 0.6 is 0 Å². The molecule has 0 aliphatic heterocycles. The molecule has 0 aliphatic carbocycles. The number of oxazole rings is 1. The first-order valence-corrected chi connectivity index (χ1v) is 6.91. The zero-order valence-electron chi connectivity index (χ0n) is 12.6. The lowest BCUT2D eigenvalue weighted by Gasteiger charge is -2.05. The number of aryl methyl sites for hydroxylation is 3. The lowest BCUT2D eigenvalue weighted by molar-refractivity contribution is -0.121. The molecular weight excluding hydrogens is 268 g/mol. The summed E-state index contributed by atoms with van der Waals surface area (Å²) in [5, 5.41) is 2.85. The van der Waals surface area contributed by atoms with Crippen LogP contribution in [0.3, 0.4) is 0 Å². The van der Waals surface area contributed by atoms with Gasteiger partial charge in [0.25, 0.3) is 0 Å². The van der Waals surface area contributed by atoms with Crippen LogP contribution in [0.5, 0.6) is 5.75 Å². The van der Waals surface area contributed by atoms with Crippen molar-refractivity contribution in [2.24, 2.45) is 0 Å². The second-order valence-electron chi connectivity index (χ2n) is 4.87. The van der Waals surface area contributed by atoms with E-state index in [0.29, 0.717) is 31.0 Å². The van der Waals surface area contributed by atoms with Gasteiger partial charge in [-0.3, -0.25) is 4.79 Å². The van der Waals surface area contributed by atoms with Gasteiger partial charge in [0.15, 0.2) is 5.89 Å². The highest BCUT2D eigenvalue weighted by atomic mass is 16.5. The number of carbonyl (C=O) groups excluding carboxylic acids is 1. The molecule has 112 valence electrons. The quantitative estimate of drug-likeness (QED) is 0.887. The second kappa shape index (κ2) is 6.92. The van der Waals surface area contributed by atoms with Crippen molar-refractivity contribution in [3.05, 3.63) is 47.2 Å². The van der Waals surface area contributed by atoms with Gasteiger partial charge in [-0.25, -0.2) is 4.98 Å². The van der Waals surface area contributed by atoms with E-state index in [4.69, 9.17) is 9.15 Å². The van der Waals surface area contributed by atoms with Crippen molar-refractivity contribution < 1.29 is 13.9 Å². The number of methoxy groups -OCH3 is 1. The van der Waals surface area contributed by atoms with Crippen LogP contribution in [-0.2, 0) is 17.8 Å². The van der Waals surface area contributed by atoms with Gasteiger partial charge in [-0.2, -0.15) is 0 Å². The van der Waals surface area contributed by atoms with Gasteiger partial charge in [-0.15, -0.1) is 0 Å². The van der Waals surface area contributed by atoms with E-state index in [0.717, 1.165) is 17.0 Å². The third kappa shape index (κ3) is 4.34. The number of amides is 1. The summed E-state index contributed by atoms with van der Waals surface area (Å²) < 4.78 is 10.6. The smallest absolute Gasteiger partial charge is 0.220 e. The molecule has 0 saturated heterocycles. The lowest BCUT2D eigenvalue weighted by atomic mass is 10.1. The molecular formula is C16H20N2O3. The molecule has 5 nitrogen and oxygen atoms in total. The Morgan fingerprint density at radius 3 is 2.86 bits per heavy atom. The van der Waals surface area contributed by atoms with Crippen molar-refractivity contribution in [3.8, 4) is 5.75 Å². The van der Waals surface area contributed by atoms with E-state index >= 15 is 0 Å². The summed E-state index contributed by atoms with van der Waals surface area (Å²) in [6.07, 6.45) is 1.11. The Balaban J connectivity index is 1.80. The zero-order chi connectivity index (χ0) is 15.2. The van der Waals surface area contributed by atoms with Gasteiger partial charge < -0.3 is 14.5 Å². The van der Waals surface area contributed by atoms with E-state index in [-0.39, 0.29) is 5.91 Å². The monoisotopic (exact) mass is 288 g/mol. The number of aromatic nitrogens is 1. The van der Waals surface area contributed by atoms with Crippen LogP contribution in [0, 0.1) is 13.8 Å². The molecule has 21 heavy (non-hydrogen) atoms. The van der Waals surface area contributed by atoms with Gasteiger partial charge in [-0.05, 0) is 31.0 Å². The Kier molecular flexibility index (Phi) is 4.98. The molecule has 0 radical (unpaired) electrons. The van der Waals surface area contributed by atoms with Crippen molar-refractivity contribution in [3.63, 3.8) is 0 Å². The third-order valence-electron chi connectivity index (χ3n) is 3.22. The molecule has 0 unspecified atom stereocenters. The number of nitrogens with one attached hydrogen (secondary N) is 1. The van der Waals surface area contributed by atoms with Crippen LogP contribution in [0.4, 0.5) is 0 Å². The Hall–Kier alpha value is -2.30. The molecule has 0 aliphatic rings. The third-order valence-corrected chi connectivity index (χ3v) is 3.22. The zero-order valence-corrected chi connectivity index (χ0v) is 12.6. The van der Waals surface area contributed by atoms with E-state index in [1.54, 1.807) is 14.0 Å². The maximum absolute atomic E-state index is 11.9. The molecule has 1 aromatic heterocycles. The minimum Gasteiger partial charge on any atom is -0.497 e. The number of rotatable bonds is 6. The highest BCUT2D eigenvalue weighted by Crippen LogP contribution is 2.14. The van der Waals surface area contributed by atoms with Crippen LogP contribution in [0.15, 0.2) is 28.7 Å². The SMILES string of the molecule is COc1cccc(CCC(=O)NCc2oc(C)nc2C)c1. The first-order chi connectivity index (χ1) is 10.1. The average molecular weight is 288 g/mol. The fourth-order valence-corrected chi connectivity index (χ4v) is 2.09. The highest BCUT2D eigenvalue weighted by molar-refractivity contribution is 5.76. The molecule has 1 N–H and O–H groups in total. The Morgan fingerprint density at radius 1 is 1.38 bits per heavy atom. The summed E-state index contributed by atoms with van der Waals surface area (Å²) in [5.41, 5.74) is 1.90. The summed E-state index contributed by atoms with van der Waals surface area (Å²) >= 11 is 0. The van der Waals surface area contributed by atoms with Crippen LogP contribution in [0.1, 0.15) is 29.3 Å². The number of carbonyl (C=O) groups is 1. The summed E-state index contributed by atoms with van der Waals surface area (Å²) in [6, 6.07) is 7.74. The normalized spacial score (nSPS) is 10.4. The Labute approximate surface area is 124 Å². The number of hydrogen-bond acceptors (Lipinski definition) is 4. The molecule has 0 fully saturated rings. The predicted octanol–water partition coefficient (Wildman–Crippen LogP) is 2.55. The van der Waals surface area contributed by atoms with Gasteiger partial charge in [0.05, 0.1) is 19.3 Å². The molecule has 0 bridgehead atoms. The summed E-state index contributed by atoms with van der Waals surface area (Å²) in [4.78, 5) is 16.0. The fraction of sp³-hybridized carbons (Fsp3) is 0.375. The molecule has 1 heterocycles. The maximum Gasteiger partial charge on any atom is 0.220 e. The summed E-state index contributed by atoms with van der Waals surface area (Å²) in [5.74, 6) is 2.13. The Morgan fingerprint density at radius 2 is 2.19 bits per heavy atom. The van der Waals surface area contributed by atoms with E-state index in [2.05, 4.69) is 10.3 Å². The molecule has 2 aromatic rings. The number of nitrogens with zero attached hydrogens (tertiary/aromatic N) is 1. The molecule has 1 amide bonds. The minimum atomic E-state index is -0.00808. The first kappa shape index (κ1) is 15.1. The lowest BCUT2D eigenvalue weighted by Crippen LogP contribution is -2.23. The number of benzene rings is 1. The highest BCUT2D eigenvalue weighted by Gasteiger charge is 2.08. The second-order valence-corrected chi connectivity index (χ2v) is 4.87. The molecule has 1 aromatic carbocycles. The van der Waals surface area contributed by atoms with E-state index in [1.807, 2.05) is 31.2 Å². The van der Waals surface area contributed by atoms with Crippen LogP contribution in [-0.4, -0.2) is 18.0 Å². The minimum absolute atomic E-state index is 0.00808. The largest absolute Gasteiger partial charge is 0.497 e. The van der Waals surface area contributed by atoms with Crippen molar-refractivity contribution in [1.29, 1.82) is 0 Å². The fourth-order valence-electron chi connectivity index (χ4n) is 2.09. The predicted molar refractivity (Wildman–Crippen MR) is 79.1 cm³/mol. The van der Waals surface area contributed by atoms with Crippen molar-refractivity contribution >= 4 is 5.91 Å². The molecule has 2 rings (SSSR count). The Bertz CT molecular complexity index is 620. The molecule has 0 spiro atoms. The standard InChI is InChI=1S/C16H20N2O3/c1-11-15(21-12(2)18-11)10-17-16(19)8-7-13-5-4-6-14(9-13)20-3/h4-6,9H,7-8,10H2,1-3H3,(H,17,19). The topological polar surface area (TPSA) is 64.4 Å².